The van der Waals surface area contributed by atoms with Gasteiger partial charge in [-0.1, -0.05) is 24.9 Å². The molecule has 1 aliphatic carbocycles. The lowest BCUT2D eigenvalue weighted by atomic mass is 9.83. The normalized spacial score (nSPS) is 19.6. The fourth-order valence-corrected chi connectivity index (χ4v) is 2.47. The largest absolute Gasteiger partial charge is 0.339 e. The molecule has 15 heavy (non-hydrogen) atoms. The van der Waals surface area contributed by atoms with Gasteiger partial charge < -0.3 is 10.3 Å². The Kier molecular flexibility index (Phi) is 3.05. The molecule has 0 radical (unpaired) electrons. The summed E-state index contributed by atoms with van der Waals surface area (Å²) >= 11 is 0. The Balaban J connectivity index is 2.19. The number of nitrogens with two attached hydrogens (primary N) is 1. The summed E-state index contributed by atoms with van der Waals surface area (Å²) in [7, 11) is 0. The van der Waals surface area contributed by atoms with Crippen LogP contribution in [0.1, 0.15) is 50.7 Å². The molecule has 1 aromatic heterocycles. The zero-order chi connectivity index (χ0) is 10.7. The van der Waals surface area contributed by atoms with Gasteiger partial charge in [0.1, 0.15) is 0 Å². The lowest BCUT2D eigenvalue weighted by molar-refractivity contribution is 0.271. The van der Waals surface area contributed by atoms with Crippen molar-refractivity contribution < 1.29 is 4.52 Å². The Morgan fingerprint density at radius 1 is 1.40 bits per heavy atom. The topological polar surface area (TPSA) is 64.9 Å². The molecule has 1 saturated carbocycles. The third kappa shape index (κ3) is 1.91. The van der Waals surface area contributed by atoms with E-state index >= 15 is 0 Å². The van der Waals surface area contributed by atoms with Crippen LogP contribution in [-0.4, -0.2) is 16.7 Å². The summed E-state index contributed by atoms with van der Waals surface area (Å²) in [5.41, 5.74) is 5.63. The molecule has 2 rings (SSSR count). The first kappa shape index (κ1) is 10.6. The van der Waals surface area contributed by atoms with E-state index in [0.717, 1.165) is 18.1 Å². The maximum atomic E-state index is 5.47. The van der Waals surface area contributed by atoms with Crippen LogP contribution in [0.2, 0.25) is 0 Å². The quantitative estimate of drug-likeness (QED) is 0.821. The van der Waals surface area contributed by atoms with Crippen molar-refractivity contribution in [3.8, 4) is 0 Å². The molecule has 1 heterocycles. The van der Waals surface area contributed by atoms with Crippen molar-refractivity contribution in [2.75, 3.05) is 6.54 Å². The third-order valence-electron chi connectivity index (χ3n) is 3.53. The maximum Gasteiger partial charge on any atom is 0.232 e. The summed E-state index contributed by atoms with van der Waals surface area (Å²) in [6.45, 7) is 2.79. The predicted octanol–water partition coefficient (Wildman–Crippen LogP) is 1.79. The minimum Gasteiger partial charge on any atom is -0.339 e. The van der Waals surface area contributed by atoms with Crippen molar-refractivity contribution in [1.82, 2.24) is 10.1 Å². The Morgan fingerprint density at radius 2 is 2.13 bits per heavy atom. The summed E-state index contributed by atoms with van der Waals surface area (Å²) in [5.74, 6) is 1.60. The van der Waals surface area contributed by atoms with Gasteiger partial charge in [0.05, 0.1) is 0 Å². The second-order valence-corrected chi connectivity index (χ2v) is 4.40. The van der Waals surface area contributed by atoms with Gasteiger partial charge in [0.2, 0.25) is 5.89 Å². The van der Waals surface area contributed by atoms with Crippen LogP contribution in [-0.2, 0) is 11.8 Å². The molecular formula is C11H19N3O. The summed E-state index contributed by atoms with van der Waals surface area (Å²) in [4.78, 5) is 4.47. The number of rotatable bonds is 4. The Bertz CT molecular complexity index is 315. The molecule has 4 nitrogen and oxygen atoms in total. The second kappa shape index (κ2) is 4.31. The van der Waals surface area contributed by atoms with Crippen LogP contribution in [0.5, 0.6) is 0 Å². The lowest BCUT2D eigenvalue weighted by Crippen LogP contribution is -2.21. The number of aromatic nitrogens is 2. The van der Waals surface area contributed by atoms with E-state index in [9.17, 15) is 0 Å². The van der Waals surface area contributed by atoms with Crippen LogP contribution in [0.25, 0.3) is 0 Å². The minimum atomic E-state index is 0.167. The van der Waals surface area contributed by atoms with Crippen molar-refractivity contribution in [2.24, 2.45) is 5.73 Å². The van der Waals surface area contributed by atoms with Gasteiger partial charge in [-0.05, 0) is 25.8 Å². The van der Waals surface area contributed by atoms with E-state index in [2.05, 4.69) is 17.1 Å². The molecule has 0 aliphatic heterocycles. The van der Waals surface area contributed by atoms with Crippen LogP contribution >= 0.6 is 0 Å². The number of hydrogen-bond donors (Lipinski definition) is 1. The molecule has 0 spiro atoms. The Morgan fingerprint density at radius 3 is 2.73 bits per heavy atom. The molecule has 1 aliphatic rings. The van der Waals surface area contributed by atoms with Gasteiger partial charge >= 0.3 is 0 Å². The van der Waals surface area contributed by atoms with Crippen molar-refractivity contribution >= 4 is 0 Å². The molecule has 0 saturated heterocycles. The van der Waals surface area contributed by atoms with Crippen LogP contribution in [0.15, 0.2) is 4.52 Å². The van der Waals surface area contributed by atoms with E-state index in [1.54, 1.807) is 0 Å². The van der Waals surface area contributed by atoms with Gasteiger partial charge in [0.25, 0.3) is 0 Å². The fourth-order valence-electron chi connectivity index (χ4n) is 2.47. The maximum absolute atomic E-state index is 5.47. The van der Waals surface area contributed by atoms with E-state index < -0.39 is 0 Å². The van der Waals surface area contributed by atoms with Gasteiger partial charge in [-0.2, -0.15) is 4.98 Å². The number of hydrogen-bond acceptors (Lipinski definition) is 4. The van der Waals surface area contributed by atoms with Crippen LogP contribution in [0.3, 0.4) is 0 Å². The van der Waals surface area contributed by atoms with Gasteiger partial charge in [0.15, 0.2) is 5.82 Å². The second-order valence-electron chi connectivity index (χ2n) is 4.40. The zero-order valence-corrected chi connectivity index (χ0v) is 9.33. The smallest absolute Gasteiger partial charge is 0.232 e. The van der Waals surface area contributed by atoms with Gasteiger partial charge in [-0.25, -0.2) is 0 Å². The molecule has 4 heteroatoms. The van der Waals surface area contributed by atoms with Crippen molar-refractivity contribution in [3.05, 3.63) is 11.7 Å². The van der Waals surface area contributed by atoms with E-state index in [-0.39, 0.29) is 5.41 Å². The SMILES string of the molecule is CCC1(c2nc(CCN)no2)CCCC1. The van der Waals surface area contributed by atoms with Gasteiger partial charge in [-0.3, -0.25) is 0 Å². The summed E-state index contributed by atoms with van der Waals surface area (Å²) < 4.78 is 5.38. The van der Waals surface area contributed by atoms with Gasteiger partial charge in [-0.15, -0.1) is 0 Å². The first-order chi connectivity index (χ1) is 7.30. The molecule has 0 amide bonds. The summed E-state index contributed by atoms with van der Waals surface area (Å²) in [6, 6.07) is 0. The summed E-state index contributed by atoms with van der Waals surface area (Å²) in [6.07, 6.45) is 6.74. The molecule has 0 atom stereocenters. The highest BCUT2D eigenvalue weighted by Gasteiger charge is 2.38. The molecule has 0 bridgehead atoms. The first-order valence-electron chi connectivity index (χ1n) is 5.84. The predicted molar refractivity (Wildman–Crippen MR) is 57.5 cm³/mol. The average Bonchev–Trinajstić information content (AvgIpc) is 2.86. The Hall–Kier alpha value is -0.900. The summed E-state index contributed by atoms with van der Waals surface area (Å²) in [5, 5.41) is 3.98. The molecular weight excluding hydrogens is 190 g/mol. The number of nitrogens with zero attached hydrogens (tertiary/aromatic N) is 2. The van der Waals surface area contributed by atoms with E-state index in [1.165, 1.54) is 25.7 Å². The lowest BCUT2D eigenvalue weighted by Gasteiger charge is -2.21. The highest BCUT2D eigenvalue weighted by molar-refractivity contribution is 5.07. The zero-order valence-electron chi connectivity index (χ0n) is 9.33. The van der Waals surface area contributed by atoms with Crippen LogP contribution in [0.4, 0.5) is 0 Å². The fraction of sp³-hybridized carbons (Fsp3) is 0.818. The van der Waals surface area contributed by atoms with E-state index in [1.807, 2.05) is 0 Å². The molecule has 1 aromatic rings. The van der Waals surface area contributed by atoms with Crippen molar-refractivity contribution in [3.63, 3.8) is 0 Å². The highest BCUT2D eigenvalue weighted by Crippen LogP contribution is 2.42. The third-order valence-corrected chi connectivity index (χ3v) is 3.53. The van der Waals surface area contributed by atoms with Crippen molar-refractivity contribution in [1.29, 1.82) is 0 Å². The van der Waals surface area contributed by atoms with E-state index in [0.29, 0.717) is 13.0 Å². The molecule has 2 N–H and O–H groups in total. The monoisotopic (exact) mass is 209 g/mol. The van der Waals surface area contributed by atoms with Gasteiger partial charge in [0, 0.05) is 11.8 Å². The average molecular weight is 209 g/mol. The van der Waals surface area contributed by atoms with Crippen molar-refractivity contribution in [2.45, 2.75) is 50.9 Å². The molecule has 0 aromatic carbocycles. The highest BCUT2D eigenvalue weighted by atomic mass is 16.5. The van der Waals surface area contributed by atoms with Crippen LogP contribution in [0, 0.1) is 0 Å². The standard InChI is InChI=1S/C11H19N3O/c1-2-11(6-3-4-7-11)10-13-9(5-8-12)14-15-10/h2-8,12H2,1H3. The van der Waals surface area contributed by atoms with E-state index in [4.69, 9.17) is 10.3 Å². The molecule has 84 valence electrons. The first-order valence-corrected chi connectivity index (χ1v) is 5.84. The molecule has 0 unspecified atom stereocenters. The van der Waals surface area contributed by atoms with Crippen LogP contribution < -0.4 is 5.73 Å². The Labute approximate surface area is 90.2 Å². The minimum absolute atomic E-state index is 0.167. The molecule has 1 fully saturated rings.